The van der Waals surface area contributed by atoms with Crippen LogP contribution in [0.5, 0.6) is 11.5 Å². The largest absolute Gasteiger partial charge is 0.493 e. The Kier molecular flexibility index (Phi) is 8.84. The van der Waals surface area contributed by atoms with Crippen LogP contribution in [0.25, 0.3) is 11.0 Å². The molecule has 1 aliphatic heterocycles. The van der Waals surface area contributed by atoms with Gasteiger partial charge in [-0.25, -0.2) is 0 Å². The molecule has 1 aliphatic rings. The lowest BCUT2D eigenvalue weighted by Gasteiger charge is -2.32. The number of nitrogens with zero attached hydrogens (tertiary/aromatic N) is 2. The van der Waals surface area contributed by atoms with Crippen LogP contribution in [0.1, 0.15) is 32.1 Å². The molecule has 0 unspecified atom stereocenters. The highest BCUT2D eigenvalue weighted by molar-refractivity contribution is 7.80. The third-order valence-electron chi connectivity index (χ3n) is 6.29. The van der Waals surface area contributed by atoms with Gasteiger partial charge in [-0.15, -0.1) is 0 Å². The summed E-state index contributed by atoms with van der Waals surface area (Å²) in [6.07, 6.45) is 0.975. The van der Waals surface area contributed by atoms with Crippen LogP contribution in [0, 0.1) is 0 Å². The Morgan fingerprint density at radius 1 is 1.14 bits per heavy atom. The topological polar surface area (TPSA) is 59.3 Å². The lowest BCUT2D eigenvalue weighted by atomic mass is 10.2. The lowest BCUT2D eigenvalue weighted by Crippen LogP contribution is -2.41. The van der Waals surface area contributed by atoms with Crippen LogP contribution in [0.4, 0.5) is 5.69 Å². The van der Waals surface area contributed by atoms with Gasteiger partial charge >= 0.3 is 0 Å². The van der Waals surface area contributed by atoms with E-state index in [1.54, 1.807) is 7.11 Å². The number of methoxy groups -OCH3 is 1. The van der Waals surface area contributed by atoms with Crippen molar-refractivity contribution in [3.05, 3.63) is 54.3 Å². The average molecular weight is 498 g/mol. The maximum atomic E-state index is 6.29. The molecule has 0 radical (unpaired) electrons. The molecule has 2 aromatic carbocycles. The predicted molar refractivity (Wildman–Crippen MR) is 144 cm³/mol. The summed E-state index contributed by atoms with van der Waals surface area (Å²) >= 11 is 5.94. The second-order valence-corrected chi connectivity index (χ2v) is 8.95. The smallest absolute Gasteiger partial charge is 0.176 e. The molecule has 1 atom stereocenters. The molecule has 8 heteroatoms. The number of ether oxygens (including phenoxy) is 3. The standard InChI is InChI=1S/C27H35N3O4S/c1-4-33-23-11-6-5-10-22(23)28-27(35)30(14-8-13-29-15-17-32-18-16-29)20(2)25-19-21-9-7-12-24(31-3)26(21)34-25/h5-7,9-12,19-20H,4,8,13-18H2,1-3H3,(H,28,35)/t20-/m1/s1. The van der Waals surface area contributed by atoms with Gasteiger partial charge in [-0.05, 0) is 56.8 Å². The molecule has 1 fully saturated rings. The van der Waals surface area contributed by atoms with Crippen molar-refractivity contribution in [1.29, 1.82) is 0 Å². The average Bonchev–Trinajstić information content (AvgIpc) is 3.33. The van der Waals surface area contributed by atoms with Crippen LogP contribution in [0.3, 0.4) is 0 Å². The minimum atomic E-state index is -0.0731. The molecule has 2 heterocycles. The SMILES string of the molecule is CCOc1ccccc1NC(=S)N(CCCN1CCOCC1)[C@H](C)c1cc2cccc(OC)c2o1. The number of nitrogens with one attached hydrogen (secondary N) is 1. The first kappa shape index (κ1) is 25.3. The van der Waals surface area contributed by atoms with Crippen LogP contribution in [-0.4, -0.2) is 68.0 Å². The Labute approximate surface area is 212 Å². The van der Waals surface area contributed by atoms with Gasteiger partial charge < -0.3 is 28.8 Å². The third-order valence-corrected chi connectivity index (χ3v) is 6.63. The third kappa shape index (κ3) is 6.25. The summed E-state index contributed by atoms with van der Waals surface area (Å²) in [5.74, 6) is 2.36. The Morgan fingerprint density at radius 2 is 1.91 bits per heavy atom. The van der Waals surface area contributed by atoms with Crippen molar-refractivity contribution in [2.75, 3.05) is 58.4 Å². The molecule has 1 N–H and O–H groups in total. The van der Waals surface area contributed by atoms with Crippen molar-refractivity contribution in [3.63, 3.8) is 0 Å². The van der Waals surface area contributed by atoms with E-state index in [0.29, 0.717) is 11.7 Å². The molecule has 1 saturated heterocycles. The first-order chi connectivity index (χ1) is 17.1. The van der Waals surface area contributed by atoms with Crippen molar-refractivity contribution in [1.82, 2.24) is 9.80 Å². The predicted octanol–water partition coefficient (Wildman–Crippen LogP) is 5.32. The second kappa shape index (κ2) is 12.2. The summed E-state index contributed by atoms with van der Waals surface area (Å²) < 4.78 is 23.1. The monoisotopic (exact) mass is 497 g/mol. The quantitative estimate of drug-likeness (QED) is 0.378. The zero-order valence-electron chi connectivity index (χ0n) is 20.8. The molecular weight excluding hydrogens is 462 g/mol. The van der Waals surface area contributed by atoms with Gasteiger partial charge in [-0.1, -0.05) is 24.3 Å². The highest BCUT2D eigenvalue weighted by atomic mass is 32.1. The Hall–Kier alpha value is -2.81. The van der Waals surface area contributed by atoms with Crippen molar-refractivity contribution < 1.29 is 18.6 Å². The summed E-state index contributed by atoms with van der Waals surface area (Å²) in [5.41, 5.74) is 1.61. The van der Waals surface area contributed by atoms with Crippen LogP contribution < -0.4 is 14.8 Å². The number of hydrogen-bond donors (Lipinski definition) is 1. The second-order valence-electron chi connectivity index (χ2n) is 8.56. The number of para-hydroxylation sites is 3. The van der Waals surface area contributed by atoms with E-state index in [9.17, 15) is 0 Å². The normalized spacial score (nSPS) is 15.1. The minimum absolute atomic E-state index is 0.0731. The molecule has 35 heavy (non-hydrogen) atoms. The van der Waals surface area contributed by atoms with E-state index in [4.69, 9.17) is 30.8 Å². The zero-order chi connectivity index (χ0) is 24.6. The maximum Gasteiger partial charge on any atom is 0.176 e. The lowest BCUT2D eigenvalue weighted by molar-refractivity contribution is 0.0365. The van der Waals surface area contributed by atoms with Crippen LogP contribution in [0.15, 0.2) is 52.9 Å². The molecule has 0 bridgehead atoms. The Balaban J connectivity index is 1.55. The van der Waals surface area contributed by atoms with E-state index in [2.05, 4.69) is 28.1 Å². The molecule has 188 valence electrons. The number of morpholine rings is 1. The summed E-state index contributed by atoms with van der Waals surface area (Å²) in [6.45, 7) is 10.0. The first-order valence-electron chi connectivity index (χ1n) is 12.3. The number of fused-ring (bicyclic) bond motifs is 1. The molecule has 0 aliphatic carbocycles. The number of rotatable bonds is 10. The molecule has 1 aromatic heterocycles. The van der Waals surface area contributed by atoms with Crippen LogP contribution >= 0.6 is 12.2 Å². The summed E-state index contributed by atoms with van der Waals surface area (Å²) in [4.78, 5) is 4.64. The number of benzene rings is 2. The highest BCUT2D eigenvalue weighted by Crippen LogP contribution is 2.33. The summed E-state index contributed by atoms with van der Waals surface area (Å²) in [7, 11) is 1.66. The van der Waals surface area contributed by atoms with Crippen molar-refractivity contribution in [3.8, 4) is 11.5 Å². The fourth-order valence-electron chi connectivity index (χ4n) is 4.38. The minimum Gasteiger partial charge on any atom is -0.493 e. The zero-order valence-corrected chi connectivity index (χ0v) is 21.6. The van der Waals surface area contributed by atoms with E-state index in [0.717, 1.165) is 79.7 Å². The maximum absolute atomic E-state index is 6.29. The molecule has 0 spiro atoms. The Morgan fingerprint density at radius 3 is 2.69 bits per heavy atom. The van der Waals surface area contributed by atoms with E-state index in [-0.39, 0.29) is 6.04 Å². The molecule has 4 rings (SSSR count). The van der Waals surface area contributed by atoms with Gasteiger partial charge in [0.1, 0.15) is 11.5 Å². The van der Waals surface area contributed by atoms with E-state index in [1.165, 1.54) is 0 Å². The van der Waals surface area contributed by atoms with Gasteiger partial charge in [-0.3, -0.25) is 4.90 Å². The van der Waals surface area contributed by atoms with Gasteiger partial charge in [0.25, 0.3) is 0 Å². The van der Waals surface area contributed by atoms with Crippen molar-refractivity contribution in [2.45, 2.75) is 26.3 Å². The van der Waals surface area contributed by atoms with Gasteiger partial charge in [0.15, 0.2) is 16.4 Å². The molecule has 0 saturated carbocycles. The fourth-order valence-corrected chi connectivity index (χ4v) is 4.73. The molecule has 3 aromatic rings. The van der Waals surface area contributed by atoms with Crippen molar-refractivity contribution in [2.24, 2.45) is 0 Å². The summed E-state index contributed by atoms with van der Waals surface area (Å²) in [5, 5.41) is 5.08. The van der Waals surface area contributed by atoms with Crippen LogP contribution in [0.2, 0.25) is 0 Å². The van der Waals surface area contributed by atoms with E-state index in [1.807, 2.05) is 49.4 Å². The molecule has 0 amide bonds. The molecule has 7 nitrogen and oxygen atoms in total. The first-order valence-corrected chi connectivity index (χ1v) is 12.7. The summed E-state index contributed by atoms with van der Waals surface area (Å²) in [6, 6.07) is 15.8. The van der Waals surface area contributed by atoms with Gasteiger partial charge in [0, 0.05) is 31.6 Å². The van der Waals surface area contributed by atoms with E-state index < -0.39 is 0 Å². The Bertz CT molecular complexity index is 1110. The number of anilines is 1. The van der Waals surface area contributed by atoms with Crippen LogP contribution in [-0.2, 0) is 4.74 Å². The number of thiocarbonyl (C=S) groups is 1. The van der Waals surface area contributed by atoms with Crippen molar-refractivity contribution >= 4 is 34.0 Å². The van der Waals surface area contributed by atoms with Gasteiger partial charge in [-0.2, -0.15) is 0 Å². The van der Waals surface area contributed by atoms with Gasteiger partial charge in [0.2, 0.25) is 0 Å². The van der Waals surface area contributed by atoms with E-state index >= 15 is 0 Å². The molecular formula is C27H35N3O4S. The number of hydrogen-bond acceptors (Lipinski definition) is 6. The van der Waals surface area contributed by atoms with Gasteiger partial charge in [0.05, 0.1) is 38.7 Å². The highest BCUT2D eigenvalue weighted by Gasteiger charge is 2.24. The number of furan rings is 1. The fraction of sp³-hybridized carbons (Fsp3) is 0.444.